The lowest BCUT2D eigenvalue weighted by Gasteiger charge is -2.41. The number of unbranched alkanes of at least 4 members (excludes halogenated alkanes) is 25. The highest BCUT2D eigenvalue weighted by Gasteiger charge is 2.47. The van der Waals surface area contributed by atoms with Crippen molar-refractivity contribution < 1.29 is 49.3 Å². The van der Waals surface area contributed by atoms with Gasteiger partial charge >= 0.3 is 5.97 Å². The number of esters is 1. The van der Waals surface area contributed by atoms with Crippen LogP contribution in [0.1, 0.15) is 245 Å². The number of nitrogens with one attached hydrogen (secondary N) is 1. The Morgan fingerprint density at radius 3 is 1.51 bits per heavy atom. The molecule has 0 radical (unpaired) electrons. The van der Waals surface area contributed by atoms with E-state index in [0.717, 1.165) is 116 Å². The smallest absolute Gasteiger partial charge is 0.306 e. The van der Waals surface area contributed by atoms with Crippen molar-refractivity contribution in [3.8, 4) is 0 Å². The molecule has 1 aliphatic rings. The fraction of sp³-hybridized carbons (Fsp3) is 0.706. The van der Waals surface area contributed by atoms with Gasteiger partial charge in [0.15, 0.2) is 12.4 Å². The summed E-state index contributed by atoms with van der Waals surface area (Å²) in [6.45, 7) is 5.59. The molecular formula is C68H115NO10. The van der Waals surface area contributed by atoms with Gasteiger partial charge in [-0.2, -0.15) is 0 Å². The first-order valence-electron chi connectivity index (χ1n) is 31.7. The Kier molecular flexibility index (Phi) is 50.9. The molecule has 0 aromatic heterocycles. The van der Waals surface area contributed by atoms with Crippen LogP contribution in [0.2, 0.25) is 0 Å². The largest absolute Gasteiger partial charge is 0.454 e. The van der Waals surface area contributed by atoms with E-state index in [-0.39, 0.29) is 19.4 Å². The van der Waals surface area contributed by atoms with E-state index in [1.54, 1.807) is 6.08 Å². The molecule has 1 heterocycles. The molecule has 8 unspecified atom stereocenters. The summed E-state index contributed by atoms with van der Waals surface area (Å²) in [6, 6.07) is -1.04. The zero-order valence-corrected chi connectivity index (χ0v) is 50.0. The van der Waals surface area contributed by atoms with E-state index in [0.29, 0.717) is 12.8 Å². The van der Waals surface area contributed by atoms with Crippen molar-refractivity contribution in [3.63, 3.8) is 0 Å². The SMILES string of the molecule is CC/C=C/C=C/C=C/C=C\CCCCCCCC(=O)OC1C(OCC(NC(=O)C(O)CCCCCCCCCC/C=C\C/C=C\C/C=C\C/C=C\CCCCC)C(O)/C=C/CCCCCCCCCCC)OC(CO)C(O)C1O. The Labute approximate surface area is 481 Å². The van der Waals surface area contributed by atoms with Gasteiger partial charge in [-0.05, 0) is 89.9 Å². The fourth-order valence-electron chi connectivity index (χ4n) is 9.23. The molecule has 11 heteroatoms. The number of carbonyl (C=O) groups is 2. The van der Waals surface area contributed by atoms with E-state index >= 15 is 0 Å². The molecule has 0 bridgehead atoms. The molecule has 1 saturated heterocycles. The van der Waals surface area contributed by atoms with E-state index in [1.165, 1.54) is 83.5 Å². The lowest BCUT2D eigenvalue weighted by atomic mass is 9.99. The van der Waals surface area contributed by atoms with Crippen molar-refractivity contribution in [3.05, 3.63) is 109 Å². The number of rotatable bonds is 52. The molecule has 0 saturated carbocycles. The van der Waals surface area contributed by atoms with Gasteiger partial charge in [0.05, 0.1) is 25.4 Å². The third kappa shape index (κ3) is 42.8. The van der Waals surface area contributed by atoms with E-state index in [1.807, 2.05) is 42.5 Å². The fourth-order valence-corrected chi connectivity index (χ4v) is 9.23. The van der Waals surface area contributed by atoms with Crippen molar-refractivity contribution in [2.45, 2.75) is 294 Å². The second kappa shape index (κ2) is 54.9. The number of aliphatic hydroxyl groups is 5. The number of amides is 1. The summed E-state index contributed by atoms with van der Waals surface area (Å²) >= 11 is 0. The summed E-state index contributed by atoms with van der Waals surface area (Å²) in [5.41, 5.74) is 0. The summed E-state index contributed by atoms with van der Waals surface area (Å²) in [4.78, 5) is 26.5. The zero-order valence-electron chi connectivity index (χ0n) is 50.0. The monoisotopic (exact) mass is 1110 g/mol. The first-order chi connectivity index (χ1) is 38.7. The van der Waals surface area contributed by atoms with Gasteiger partial charge in [-0.1, -0.05) is 259 Å². The lowest BCUT2D eigenvalue weighted by molar-refractivity contribution is -0.305. The second-order valence-corrected chi connectivity index (χ2v) is 21.5. The molecule has 8 atom stereocenters. The van der Waals surface area contributed by atoms with Crippen LogP contribution in [-0.4, -0.2) is 99.6 Å². The number of aliphatic hydroxyl groups excluding tert-OH is 5. The highest BCUT2D eigenvalue weighted by atomic mass is 16.7. The predicted octanol–water partition coefficient (Wildman–Crippen LogP) is 15.3. The van der Waals surface area contributed by atoms with Crippen molar-refractivity contribution in [2.24, 2.45) is 0 Å². The van der Waals surface area contributed by atoms with Gasteiger partial charge in [-0.25, -0.2) is 0 Å². The van der Waals surface area contributed by atoms with Gasteiger partial charge in [0.1, 0.15) is 24.4 Å². The van der Waals surface area contributed by atoms with E-state index in [9.17, 15) is 35.1 Å². The van der Waals surface area contributed by atoms with Crippen LogP contribution in [0.5, 0.6) is 0 Å². The predicted molar refractivity (Wildman–Crippen MR) is 328 cm³/mol. The summed E-state index contributed by atoms with van der Waals surface area (Å²) < 4.78 is 17.6. The average molecular weight is 1110 g/mol. The summed E-state index contributed by atoms with van der Waals surface area (Å²) in [6.07, 6.45) is 64.1. The number of hydrogen-bond donors (Lipinski definition) is 6. The number of carbonyl (C=O) groups excluding carboxylic acids is 2. The van der Waals surface area contributed by atoms with Crippen LogP contribution in [-0.2, 0) is 23.8 Å². The highest BCUT2D eigenvalue weighted by Crippen LogP contribution is 2.26. The van der Waals surface area contributed by atoms with Gasteiger partial charge in [0.25, 0.3) is 0 Å². The van der Waals surface area contributed by atoms with Crippen LogP contribution in [0.4, 0.5) is 0 Å². The molecule has 0 spiro atoms. The molecule has 0 aromatic carbocycles. The molecule has 1 fully saturated rings. The van der Waals surface area contributed by atoms with Crippen LogP contribution >= 0.6 is 0 Å². The third-order valence-electron chi connectivity index (χ3n) is 14.3. The molecule has 1 amide bonds. The van der Waals surface area contributed by atoms with Crippen LogP contribution < -0.4 is 5.32 Å². The van der Waals surface area contributed by atoms with Crippen molar-refractivity contribution in [2.75, 3.05) is 13.2 Å². The summed E-state index contributed by atoms with van der Waals surface area (Å²) in [7, 11) is 0. The minimum atomic E-state index is -1.63. The minimum Gasteiger partial charge on any atom is -0.454 e. The van der Waals surface area contributed by atoms with Crippen molar-refractivity contribution in [1.29, 1.82) is 0 Å². The van der Waals surface area contributed by atoms with E-state index in [2.05, 4.69) is 86.8 Å². The van der Waals surface area contributed by atoms with Crippen LogP contribution in [0, 0.1) is 0 Å². The maximum absolute atomic E-state index is 13.4. The minimum absolute atomic E-state index is 0.0913. The Morgan fingerprint density at radius 2 is 0.962 bits per heavy atom. The van der Waals surface area contributed by atoms with Crippen LogP contribution in [0.3, 0.4) is 0 Å². The maximum Gasteiger partial charge on any atom is 0.306 e. The van der Waals surface area contributed by atoms with E-state index in [4.69, 9.17) is 14.2 Å². The normalized spacial score (nSPS) is 19.6. The third-order valence-corrected chi connectivity index (χ3v) is 14.3. The Morgan fingerprint density at radius 1 is 0.519 bits per heavy atom. The topological polar surface area (TPSA) is 175 Å². The van der Waals surface area contributed by atoms with Gasteiger partial charge in [-0.15, -0.1) is 0 Å². The average Bonchev–Trinajstić information content (AvgIpc) is 3.47. The first kappa shape index (κ1) is 73.3. The first-order valence-corrected chi connectivity index (χ1v) is 31.7. The Bertz CT molecular complexity index is 1700. The van der Waals surface area contributed by atoms with Crippen LogP contribution in [0.25, 0.3) is 0 Å². The van der Waals surface area contributed by atoms with Gasteiger partial charge in [0, 0.05) is 6.42 Å². The number of ether oxygens (including phenoxy) is 3. The Hall–Kier alpha value is -3.68. The van der Waals surface area contributed by atoms with Gasteiger partial charge < -0.3 is 45.1 Å². The zero-order chi connectivity index (χ0) is 57.5. The lowest BCUT2D eigenvalue weighted by Crippen LogP contribution is -2.61. The molecule has 11 nitrogen and oxygen atoms in total. The summed E-state index contributed by atoms with van der Waals surface area (Å²) in [5.74, 6) is -1.23. The van der Waals surface area contributed by atoms with Crippen molar-refractivity contribution in [1.82, 2.24) is 5.32 Å². The molecule has 452 valence electrons. The molecule has 6 N–H and O–H groups in total. The molecule has 0 aromatic rings. The van der Waals surface area contributed by atoms with Crippen LogP contribution in [0.15, 0.2) is 109 Å². The molecule has 1 aliphatic heterocycles. The quantitative estimate of drug-likeness (QED) is 0.0149. The Balaban J connectivity index is 2.64. The second-order valence-electron chi connectivity index (χ2n) is 21.5. The molecule has 79 heavy (non-hydrogen) atoms. The van der Waals surface area contributed by atoms with Gasteiger partial charge in [0.2, 0.25) is 5.91 Å². The van der Waals surface area contributed by atoms with E-state index < -0.39 is 67.4 Å². The van der Waals surface area contributed by atoms with Gasteiger partial charge in [-0.3, -0.25) is 9.59 Å². The molecule has 1 rings (SSSR count). The summed E-state index contributed by atoms with van der Waals surface area (Å²) in [5, 5.41) is 57.0. The molecule has 0 aliphatic carbocycles. The number of hydrogen-bond acceptors (Lipinski definition) is 10. The highest BCUT2D eigenvalue weighted by molar-refractivity contribution is 5.80. The standard InChI is InChI=1S/C68H115NO10/c1-4-7-10-13-16-19-22-24-26-27-28-29-30-31-32-33-34-36-37-40-43-46-49-52-55-61(72)67(76)69-59(60(71)54-51-48-45-42-39-21-18-15-12-9-6-3)58-77-68-66(65(75)64(74)62(57-70)78-68)79-63(73)56-53-50-47-44-41-38-35-25-23-20-17-14-11-8-5-2/h8,11,14,16-17,19-20,23-26,28-29,31-32,35,51,54,59-62,64-66,68,70-72,74-75H,4-7,9-10,12-13,15,18,21-22,27,30,33-34,36-50,52-53,55-58H2,1-3H3,(H,69,76)/b11-8+,17-14+,19-16-,23-20+,26-24-,29-28-,32-31-,35-25-,54-51+. The maximum atomic E-state index is 13.4. The van der Waals surface area contributed by atoms with Crippen molar-refractivity contribution >= 4 is 11.9 Å². The molecular weight excluding hydrogens is 991 g/mol. The number of allylic oxidation sites excluding steroid dienone is 17.